The molecule has 1 aromatic carbocycles. The molecule has 0 aliphatic heterocycles. The Bertz CT molecular complexity index is 488. The first-order valence-electron chi connectivity index (χ1n) is 7.26. The highest BCUT2D eigenvalue weighted by Crippen LogP contribution is 1.99. The highest BCUT2D eigenvalue weighted by atomic mass is 16.5. The van der Waals surface area contributed by atoms with Crippen LogP contribution in [0, 0.1) is 0 Å². The van der Waals surface area contributed by atoms with Gasteiger partial charge in [-0.15, -0.1) is 0 Å². The molecular formula is C16H22N2O4. The smallest absolute Gasteiger partial charge is 0.305 e. The SMILES string of the molecule is COC(=O)CCCNC(=O)CCNC(=O)Cc1ccccc1. The van der Waals surface area contributed by atoms with Crippen molar-refractivity contribution in [3.8, 4) is 0 Å². The average molecular weight is 306 g/mol. The number of hydrogen-bond donors (Lipinski definition) is 2. The average Bonchev–Trinajstić information content (AvgIpc) is 2.52. The number of nitrogens with one attached hydrogen (secondary N) is 2. The maximum Gasteiger partial charge on any atom is 0.305 e. The summed E-state index contributed by atoms with van der Waals surface area (Å²) in [6.07, 6.45) is 1.35. The van der Waals surface area contributed by atoms with E-state index in [0.717, 1.165) is 5.56 Å². The first-order chi connectivity index (χ1) is 10.6. The minimum absolute atomic E-state index is 0.107. The molecule has 2 N–H and O–H groups in total. The van der Waals surface area contributed by atoms with Crippen LogP contribution in [0.1, 0.15) is 24.8 Å². The monoisotopic (exact) mass is 306 g/mol. The molecule has 6 nitrogen and oxygen atoms in total. The highest BCUT2D eigenvalue weighted by molar-refractivity contribution is 5.80. The molecule has 1 rings (SSSR count). The van der Waals surface area contributed by atoms with Crippen molar-refractivity contribution in [3.63, 3.8) is 0 Å². The van der Waals surface area contributed by atoms with Gasteiger partial charge in [0.1, 0.15) is 0 Å². The van der Waals surface area contributed by atoms with Crippen molar-refractivity contribution in [2.75, 3.05) is 20.2 Å². The summed E-state index contributed by atoms with van der Waals surface area (Å²) in [5.41, 5.74) is 0.937. The van der Waals surface area contributed by atoms with E-state index in [1.807, 2.05) is 30.3 Å². The van der Waals surface area contributed by atoms with Crippen LogP contribution in [0.5, 0.6) is 0 Å². The van der Waals surface area contributed by atoms with E-state index in [9.17, 15) is 14.4 Å². The molecule has 0 aliphatic carbocycles. The summed E-state index contributed by atoms with van der Waals surface area (Å²) in [5.74, 6) is -0.544. The van der Waals surface area contributed by atoms with Crippen LogP contribution < -0.4 is 10.6 Å². The van der Waals surface area contributed by atoms with Crippen molar-refractivity contribution >= 4 is 17.8 Å². The number of carbonyl (C=O) groups excluding carboxylic acids is 3. The Morgan fingerprint density at radius 1 is 0.955 bits per heavy atom. The zero-order valence-electron chi connectivity index (χ0n) is 12.8. The Balaban J connectivity index is 2.07. The number of esters is 1. The zero-order chi connectivity index (χ0) is 16.2. The largest absolute Gasteiger partial charge is 0.469 e. The van der Waals surface area contributed by atoms with Crippen LogP contribution in [-0.4, -0.2) is 38.0 Å². The molecule has 0 heterocycles. The van der Waals surface area contributed by atoms with Crippen LogP contribution in [0.2, 0.25) is 0 Å². The molecule has 0 aliphatic rings. The van der Waals surface area contributed by atoms with Gasteiger partial charge < -0.3 is 15.4 Å². The van der Waals surface area contributed by atoms with Crippen LogP contribution in [0.25, 0.3) is 0 Å². The molecule has 0 aromatic heterocycles. The van der Waals surface area contributed by atoms with Gasteiger partial charge in [0.2, 0.25) is 11.8 Å². The van der Waals surface area contributed by atoms with Crippen LogP contribution in [0.3, 0.4) is 0 Å². The first kappa shape index (κ1) is 17.7. The van der Waals surface area contributed by atoms with Crippen molar-refractivity contribution in [2.24, 2.45) is 0 Å². The normalized spacial score (nSPS) is 9.86. The van der Waals surface area contributed by atoms with Gasteiger partial charge in [-0.25, -0.2) is 0 Å². The summed E-state index contributed by atoms with van der Waals surface area (Å²) < 4.78 is 4.50. The minimum atomic E-state index is -0.289. The fraction of sp³-hybridized carbons (Fsp3) is 0.438. The molecule has 0 unspecified atom stereocenters. The summed E-state index contributed by atoms with van der Waals surface area (Å²) >= 11 is 0. The third-order valence-electron chi connectivity index (χ3n) is 2.99. The van der Waals surface area contributed by atoms with Gasteiger partial charge in [-0.1, -0.05) is 30.3 Å². The molecule has 6 heteroatoms. The van der Waals surface area contributed by atoms with Crippen molar-refractivity contribution < 1.29 is 19.1 Å². The second-order valence-electron chi connectivity index (χ2n) is 4.79. The zero-order valence-corrected chi connectivity index (χ0v) is 12.8. The van der Waals surface area contributed by atoms with E-state index in [2.05, 4.69) is 15.4 Å². The third-order valence-corrected chi connectivity index (χ3v) is 2.99. The van der Waals surface area contributed by atoms with E-state index in [-0.39, 0.29) is 30.6 Å². The summed E-state index contributed by atoms with van der Waals surface area (Å²) in [6.45, 7) is 0.723. The van der Waals surface area contributed by atoms with E-state index in [1.165, 1.54) is 7.11 Å². The number of carbonyl (C=O) groups is 3. The number of amides is 2. The predicted octanol–water partition coefficient (Wildman–Crippen LogP) is 0.805. The second-order valence-corrected chi connectivity index (χ2v) is 4.79. The van der Waals surface area contributed by atoms with Gasteiger partial charge >= 0.3 is 5.97 Å². The third kappa shape index (κ3) is 8.04. The Hall–Kier alpha value is -2.37. The van der Waals surface area contributed by atoms with Crippen LogP contribution >= 0.6 is 0 Å². The maximum absolute atomic E-state index is 11.7. The van der Waals surface area contributed by atoms with Gasteiger partial charge in [0.05, 0.1) is 13.5 Å². The Labute approximate surface area is 130 Å². The molecule has 0 fully saturated rings. The molecular weight excluding hydrogens is 284 g/mol. The predicted molar refractivity (Wildman–Crippen MR) is 82.0 cm³/mol. The maximum atomic E-state index is 11.7. The Kier molecular flexibility index (Phi) is 8.33. The molecule has 120 valence electrons. The van der Waals surface area contributed by atoms with Crippen molar-refractivity contribution in [1.82, 2.24) is 10.6 Å². The first-order valence-corrected chi connectivity index (χ1v) is 7.26. The second kappa shape index (κ2) is 10.4. The lowest BCUT2D eigenvalue weighted by Crippen LogP contribution is -2.32. The number of benzene rings is 1. The highest BCUT2D eigenvalue weighted by Gasteiger charge is 2.05. The lowest BCUT2D eigenvalue weighted by atomic mass is 10.1. The molecule has 2 amide bonds. The van der Waals surface area contributed by atoms with E-state index >= 15 is 0 Å². The summed E-state index contributed by atoms with van der Waals surface area (Å²) in [4.78, 5) is 34.1. The fourth-order valence-corrected chi connectivity index (χ4v) is 1.81. The molecule has 0 bridgehead atoms. The van der Waals surface area contributed by atoms with Gasteiger partial charge in [-0.05, 0) is 12.0 Å². The van der Waals surface area contributed by atoms with E-state index < -0.39 is 0 Å². The Morgan fingerprint density at radius 2 is 1.64 bits per heavy atom. The lowest BCUT2D eigenvalue weighted by molar-refractivity contribution is -0.140. The van der Waals surface area contributed by atoms with Crippen LogP contribution in [-0.2, 0) is 25.5 Å². The van der Waals surface area contributed by atoms with Crippen molar-refractivity contribution in [1.29, 1.82) is 0 Å². The summed E-state index contributed by atoms with van der Waals surface area (Å²) in [5, 5.41) is 5.39. The quantitative estimate of drug-likeness (QED) is 0.522. The van der Waals surface area contributed by atoms with Crippen molar-refractivity contribution in [3.05, 3.63) is 35.9 Å². The van der Waals surface area contributed by atoms with Gasteiger partial charge in [-0.2, -0.15) is 0 Å². The summed E-state index contributed by atoms with van der Waals surface area (Å²) in [6, 6.07) is 9.42. The topological polar surface area (TPSA) is 84.5 Å². The van der Waals surface area contributed by atoms with Crippen LogP contribution in [0.15, 0.2) is 30.3 Å². The molecule has 0 radical (unpaired) electrons. The van der Waals surface area contributed by atoms with E-state index in [4.69, 9.17) is 0 Å². The standard InChI is InChI=1S/C16H22N2O4/c1-22-16(21)8-5-10-17-14(19)9-11-18-15(20)12-13-6-3-2-4-7-13/h2-4,6-7H,5,8-12H2,1H3,(H,17,19)(H,18,20). The molecule has 0 spiro atoms. The molecule has 0 saturated heterocycles. The number of methoxy groups -OCH3 is 1. The van der Waals surface area contributed by atoms with Gasteiger partial charge in [-0.3, -0.25) is 14.4 Å². The summed E-state index contributed by atoms with van der Waals surface area (Å²) in [7, 11) is 1.33. The molecule has 22 heavy (non-hydrogen) atoms. The lowest BCUT2D eigenvalue weighted by Gasteiger charge is -2.06. The van der Waals surface area contributed by atoms with Crippen LogP contribution in [0.4, 0.5) is 0 Å². The van der Waals surface area contributed by atoms with Gasteiger partial charge in [0, 0.05) is 25.9 Å². The van der Waals surface area contributed by atoms with E-state index in [0.29, 0.717) is 25.9 Å². The van der Waals surface area contributed by atoms with Crippen molar-refractivity contribution in [2.45, 2.75) is 25.7 Å². The minimum Gasteiger partial charge on any atom is -0.469 e. The number of ether oxygens (including phenoxy) is 1. The molecule has 1 aromatic rings. The fourth-order valence-electron chi connectivity index (χ4n) is 1.81. The molecule has 0 saturated carbocycles. The van der Waals surface area contributed by atoms with E-state index in [1.54, 1.807) is 0 Å². The van der Waals surface area contributed by atoms with Gasteiger partial charge in [0.15, 0.2) is 0 Å². The molecule has 0 atom stereocenters. The Morgan fingerprint density at radius 3 is 2.32 bits per heavy atom. The number of hydrogen-bond acceptors (Lipinski definition) is 4. The number of rotatable bonds is 9. The van der Waals surface area contributed by atoms with Gasteiger partial charge in [0.25, 0.3) is 0 Å².